The van der Waals surface area contributed by atoms with Gasteiger partial charge in [-0.15, -0.1) is 0 Å². The Morgan fingerprint density at radius 1 is 1.24 bits per heavy atom. The van der Waals surface area contributed by atoms with Crippen molar-refractivity contribution in [3.05, 3.63) is 40.0 Å². The molecule has 2 rings (SSSR count). The van der Waals surface area contributed by atoms with Crippen LogP contribution < -0.4 is 0 Å². The van der Waals surface area contributed by atoms with E-state index in [0.29, 0.717) is 0 Å². The van der Waals surface area contributed by atoms with Gasteiger partial charge in [-0.05, 0) is 37.8 Å². The zero-order valence-corrected chi connectivity index (χ0v) is 11.4. The molecule has 1 aromatic carbocycles. The second-order valence-electron chi connectivity index (χ2n) is 4.56. The maximum atomic E-state index is 6.51. The highest BCUT2D eigenvalue weighted by Crippen LogP contribution is 2.30. The molecule has 0 aliphatic heterocycles. The van der Waals surface area contributed by atoms with Crippen LogP contribution in [0.15, 0.2) is 18.2 Å². The molecular weight excluding hydrogens is 230 g/mol. The summed E-state index contributed by atoms with van der Waals surface area (Å²) in [6.45, 7) is 6.33. The SMILES string of the molecule is CCCCc1c(C)nc2c(C)cccc2c1Cl. The standard InChI is InChI=1S/C15H18ClN/c1-4-5-8-12-11(3)17-15-10(2)7-6-9-13(15)14(12)16/h6-7,9H,4-5,8H2,1-3H3. The van der Waals surface area contributed by atoms with E-state index in [0.717, 1.165) is 28.0 Å². The molecule has 0 bridgehead atoms. The van der Waals surface area contributed by atoms with E-state index in [-0.39, 0.29) is 0 Å². The van der Waals surface area contributed by atoms with E-state index in [2.05, 4.69) is 32.9 Å². The Bertz CT molecular complexity index is 546. The van der Waals surface area contributed by atoms with Crippen molar-refractivity contribution in [1.29, 1.82) is 0 Å². The first-order valence-electron chi connectivity index (χ1n) is 6.19. The van der Waals surface area contributed by atoms with Crippen LogP contribution in [0.25, 0.3) is 10.9 Å². The van der Waals surface area contributed by atoms with Gasteiger partial charge in [0.2, 0.25) is 0 Å². The zero-order chi connectivity index (χ0) is 12.4. The Morgan fingerprint density at radius 2 is 2.00 bits per heavy atom. The van der Waals surface area contributed by atoms with Crippen molar-refractivity contribution in [2.45, 2.75) is 40.0 Å². The highest BCUT2D eigenvalue weighted by molar-refractivity contribution is 6.36. The summed E-state index contributed by atoms with van der Waals surface area (Å²) in [7, 11) is 0. The van der Waals surface area contributed by atoms with Crippen molar-refractivity contribution in [1.82, 2.24) is 4.98 Å². The quantitative estimate of drug-likeness (QED) is 0.756. The molecular formula is C15H18ClN. The third-order valence-electron chi connectivity index (χ3n) is 3.24. The largest absolute Gasteiger partial charge is 0.252 e. The molecule has 0 aliphatic rings. The van der Waals surface area contributed by atoms with Crippen molar-refractivity contribution >= 4 is 22.5 Å². The second kappa shape index (κ2) is 5.05. The minimum Gasteiger partial charge on any atom is -0.252 e. The summed E-state index contributed by atoms with van der Waals surface area (Å²) in [4.78, 5) is 4.70. The fraction of sp³-hybridized carbons (Fsp3) is 0.400. The molecule has 0 N–H and O–H groups in total. The lowest BCUT2D eigenvalue weighted by molar-refractivity contribution is 0.788. The average Bonchev–Trinajstić information content (AvgIpc) is 2.31. The number of aromatic nitrogens is 1. The van der Waals surface area contributed by atoms with Gasteiger partial charge in [-0.25, -0.2) is 0 Å². The third kappa shape index (κ3) is 2.30. The number of fused-ring (bicyclic) bond motifs is 1. The first-order chi connectivity index (χ1) is 8.15. The maximum absolute atomic E-state index is 6.51. The van der Waals surface area contributed by atoms with Crippen LogP contribution in [0.2, 0.25) is 5.02 Å². The Labute approximate surface area is 108 Å². The molecule has 2 heteroatoms. The topological polar surface area (TPSA) is 12.9 Å². The normalized spacial score (nSPS) is 11.1. The van der Waals surface area contributed by atoms with E-state index in [4.69, 9.17) is 16.6 Å². The molecule has 0 amide bonds. The highest BCUT2D eigenvalue weighted by Gasteiger charge is 2.11. The van der Waals surface area contributed by atoms with E-state index in [1.807, 2.05) is 6.07 Å². The van der Waals surface area contributed by atoms with E-state index in [1.54, 1.807) is 0 Å². The van der Waals surface area contributed by atoms with Gasteiger partial charge in [0.1, 0.15) is 0 Å². The number of unbranched alkanes of at least 4 members (excludes halogenated alkanes) is 1. The van der Waals surface area contributed by atoms with E-state index in [1.165, 1.54) is 24.0 Å². The third-order valence-corrected chi connectivity index (χ3v) is 3.67. The summed E-state index contributed by atoms with van der Waals surface area (Å²) in [5, 5.41) is 1.98. The first-order valence-corrected chi connectivity index (χ1v) is 6.57. The molecule has 0 unspecified atom stereocenters. The molecule has 0 saturated carbocycles. The number of benzene rings is 1. The summed E-state index contributed by atoms with van der Waals surface area (Å²) < 4.78 is 0. The van der Waals surface area contributed by atoms with Gasteiger partial charge in [0, 0.05) is 11.1 Å². The maximum Gasteiger partial charge on any atom is 0.0749 e. The van der Waals surface area contributed by atoms with Gasteiger partial charge < -0.3 is 0 Å². The van der Waals surface area contributed by atoms with Crippen molar-refractivity contribution in [2.75, 3.05) is 0 Å². The fourth-order valence-electron chi connectivity index (χ4n) is 2.19. The van der Waals surface area contributed by atoms with Crippen LogP contribution in [0.5, 0.6) is 0 Å². The summed E-state index contributed by atoms with van der Waals surface area (Å²) in [6.07, 6.45) is 3.37. The number of hydrogen-bond acceptors (Lipinski definition) is 1. The highest BCUT2D eigenvalue weighted by atomic mass is 35.5. The second-order valence-corrected chi connectivity index (χ2v) is 4.94. The number of pyridine rings is 1. The first kappa shape index (κ1) is 12.4. The van der Waals surface area contributed by atoms with Gasteiger partial charge in [0.25, 0.3) is 0 Å². The van der Waals surface area contributed by atoms with E-state index in [9.17, 15) is 0 Å². The van der Waals surface area contributed by atoms with Gasteiger partial charge in [-0.2, -0.15) is 0 Å². The minimum atomic E-state index is 0.893. The molecule has 0 spiro atoms. The molecule has 17 heavy (non-hydrogen) atoms. The van der Waals surface area contributed by atoms with Gasteiger partial charge in [0.05, 0.1) is 10.5 Å². The molecule has 0 saturated heterocycles. The summed E-state index contributed by atoms with van der Waals surface area (Å²) in [6, 6.07) is 6.19. The van der Waals surface area contributed by atoms with Crippen LogP contribution in [0, 0.1) is 13.8 Å². The fourth-order valence-corrected chi connectivity index (χ4v) is 2.57. The molecule has 0 radical (unpaired) electrons. The van der Waals surface area contributed by atoms with Gasteiger partial charge >= 0.3 is 0 Å². The predicted octanol–water partition coefficient (Wildman–Crippen LogP) is 4.85. The number of nitrogens with zero attached hydrogens (tertiary/aromatic N) is 1. The van der Waals surface area contributed by atoms with Crippen LogP contribution in [0.1, 0.15) is 36.6 Å². The van der Waals surface area contributed by atoms with E-state index < -0.39 is 0 Å². The molecule has 0 fully saturated rings. The van der Waals surface area contributed by atoms with Gasteiger partial charge in [-0.1, -0.05) is 43.1 Å². The van der Waals surface area contributed by atoms with Crippen LogP contribution >= 0.6 is 11.6 Å². The summed E-state index contributed by atoms with van der Waals surface area (Å²) in [5.74, 6) is 0. The van der Waals surface area contributed by atoms with Crippen LogP contribution in [-0.4, -0.2) is 4.98 Å². The number of aryl methyl sites for hydroxylation is 2. The number of para-hydroxylation sites is 1. The van der Waals surface area contributed by atoms with Crippen LogP contribution in [0.3, 0.4) is 0 Å². The predicted molar refractivity (Wildman–Crippen MR) is 74.8 cm³/mol. The molecule has 1 aromatic heterocycles. The van der Waals surface area contributed by atoms with Crippen molar-refractivity contribution < 1.29 is 0 Å². The van der Waals surface area contributed by atoms with Gasteiger partial charge in [0.15, 0.2) is 0 Å². The van der Waals surface area contributed by atoms with Crippen LogP contribution in [0.4, 0.5) is 0 Å². The molecule has 1 nitrogen and oxygen atoms in total. The van der Waals surface area contributed by atoms with Crippen molar-refractivity contribution in [3.8, 4) is 0 Å². The molecule has 0 aliphatic carbocycles. The monoisotopic (exact) mass is 247 g/mol. The smallest absolute Gasteiger partial charge is 0.0749 e. The van der Waals surface area contributed by atoms with Crippen LogP contribution in [-0.2, 0) is 6.42 Å². The summed E-state index contributed by atoms with van der Waals surface area (Å²) >= 11 is 6.51. The Kier molecular flexibility index (Phi) is 3.68. The Hall–Kier alpha value is -1.08. The Balaban J connectivity index is 2.63. The number of rotatable bonds is 3. The molecule has 0 atom stereocenters. The van der Waals surface area contributed by atoms with E-state index >= 15 is 0 Å². The Morgan fingerprint density at radius 3 is 2.71 bits per heavy atom. The lowest BCUT2D eigenvalue weighted by Gasteiger charge is -2.11. The lowest BCUT2D eigenvalue weighted by Crippen LogP contribution is -1.97. The summed E-state index contributed by atoms with van der Waals surface area (Å²) in [5.41, 5.74) is 4.52. The zero-order valence-electron chi connectivity index (χ0n) is 10.7. The molecule has 2 aromatic rings. The minimum absolute atomic E-state index is 0.893. The molecule has 90 valence electrons. The number of hydrogen-bond donors (Lipinski definition) is 0. The van der Waals surface area contributed by atoms with Crippen molar-refractivity contribution in [2.24, 2.45) is 0 Å². The molecule has 1 heterocycles. The number of halogens is 1. The van der Waals surface area contributed by atoms with Gasteiger partial charge in [-0.3, -0.25) is 4.98 Å². The average molecular weight is 248 g/mol. The van der Waals surface area contributed by atoms with Crippen molar-refractivity contribution in [3.63, 3.8) is 0 Å². The lowest BCUT2D eigenvalue weighted by atomic mass is 10.0.